The van der Waals surface area contributed by atoms with Crippen LogP contribution in [-0.4, -0.2) is 64.0 Å². The molecule has 170 valence electrons. The summed E-state index contributed by atoms with van der Waals surface area (Å²) in [5.41, 5.74) is 0.711. The van der Waals surface area contributed by atoms with Crippen LogP contribution in [-0.2, 0) is 4.79 Å². The summed E-state index contributed by atoms with van der Waals surface area (Å²) in [4.78, 5) is 28.8. The van der Waals surface area contributed by atoms with E-state index < -0.39 is 0 Å². The number of piperazine rings is 1. The minimum absolute atomic E-state index is 0.104. The highest BCUT2D eigenvalue weighted by Crippen LogP contribution is 2.29. The SMILES string of the molecule is Cc1cc(NC(=O)CSc2nnc(N3CCN(C(=O)c4cc5ccccc5o4)CC3)s2)no1. The van der Waals surface area contributed by atoms with Crippen LogP contribution in [0.15, 0.2) is 49.7 Å². The molecular formula is C21H20N6O4S2. The summed E-state index contributed by atoms with van der Waals surface area (Å²) >= 11 is 2.75. The van der Waals surface area contributed by atoms with Gasteiger partial charge >= 0.3 is 0 Å². The third-order valence-corrected chi connectivity index (χ3v) is 7.21. The maximum Gasteiger partial charge on any atom is 0.289 e. The van der Waals surface area contributed by atoms with Crippen LogP contribution in [0.4, 0.5) is 10.9 Å². The summed E-state index contributed by atoms with van der Waals surface area (Å²) in [6.07, 6.45) is 0. The first-order valence-electron chi connectivity index (χ1n) is 10.3. The summed E-state index contributed by atoms with van der Waals surface area (Å²) < 4.78 is 11.4. The molecule has 0 atom stereocenters. The number of hydrogen-bond donors (Lipinski definition) is 1. The molecule has 1 aliphatic rings. The van der Waals surface area contributed by atoms with Crippen molar-refractivity contribution in [1.29, 1.82) is 0 Å². The van der Waals surface area contributed by atoms with Crippen LogP contribution < -0.4 is 10.2 Å². The lowest BCUT2D eigenvalue weighted by Crippen LogP contribution is -2.48. The summed E-state index contributed by atoms with van der Waals surface area (Å²) in [7, 11) is 0. The summed E-state index contributed by atoms with van der Waals surface area (Å²) in [6, 6.07) is 11.0. The van der Waals surface area contributed by atoms with Crippen molar-refractivity contribution < 1.29 is 18.5 Å². The van der Waals surface area contributed by atoms with Gasteiger partial charge in [0.2, 0.25) is 11.0 Å². The molecule has 33 heavy (non-hydrogen) atoms. The Labute approximate surface area is 196 Å². The second-order valence-electron chi connectivity index (χ2n) is 7.44. The predicted octanol–water partition coefficient (Wildman–Crippen LogP) is 3.27. The molecule has 0 aliphatic carbocycles. The van der Waals surface area contributed by atoms with Crippen LogP contribution in [0.1, 0.15) is 16.3 Å². The molecule has 0 radical (unpaired) electrons. The number of aryl methyl sites for hydroxylation is 1. The number of nitrogens with one attached hydrogen (secondary N) is 1. The average molecular weight is 485 g/mol. The van der Waals surface area contributed by atoms with Crippen molar-refractivity contribution >= 4 is 56.8 Å². The van der Waals surface area contributed by atoms with Gasteiger partial charge in [-0.2, -0.15) is 0 Å². The van der Waals surface area contributed by atoms with Crippen LogP contribution in [0.2, 0.25) is 0 Å². The van der Waals surface area contributed by atoms with Gasteiger partial charge in [-0.3, -0.25) is 9.59 Å². The van der Waals surface area contributed by atoms with Gasteiger partial charge in [0.25, 0.3) is 5.91 Å². The predicted molar refractivity (Wildman–Crippen MR) is 125 cm³/mol. The Kier molecular flexibility index (Phi) is 6.01. The van der Waals surface area contributed by atoms with Crippen molar-refractivity contribution in [2.75, 3.05) is 42.1 Å². The lowest BCUT2D eigenvalue weighted by Gasteiger charge is -2.33. The van der Waals surface area contributed by atoms with Crippen molar-refractivity contribution in [2.24, 2.45) is 0 Å². The molecule has 0 saturated carbocycles. The Balaban J connectivity index is 1.12. The standard InChI is InChI=1S/C21H20N6O4S2/c1-13-10-17(25-31-13)22-18(28)12-32-21-24-23-20(33-21)27-8-6-26(7-9-27)19(29)16-11-14-4-2-3-5-15(14)30-16/h2-5,10-11H,6-9,12H2,1H3,(H,22,25,28). The van der Waals surface area contributed by atoms with E-state index in [4.69, 9.17) is 8.94 Å². The molecule has 10 nitrogen and oxygen atoms in total. The van der Waals surface area contributed by atoms with Crippen molar-refractivity contribution in [2.45, 2.75) is 11.3 Å². The fourth-order valence-corrected chi connectivity index (χ4v) is 5.16. The van der Waals surface area contributed by atoms with E-state index in [1.807, 2.05) is 24.3 Å². The molecule has 0 unspecified atom stereocenters. The van der Waals surface area contributed by atoms with Crippen LogP contribution >= 0.6 is 23.1 Å². The van der Waals surface area contributed by atoms with E-state index in [9.17, 15) is 9.59 Å². The van der Waals surface area contributed by atoms with Crippen molar-refractivity contribution in [3.63, 3.8) is 0 Å². The maximum atomic E-state index is 12.8. The molecule has 4 aromatic rings. The van der Waals surface area contributed by atoms with Gasteiger partial charge in [0, 0.05) is 37.6 Å². The quantitative estimate of drug-likeness (QED) is 0.411. The van der Waals surface area contributed by atoms with Crippen molar-refractivity contribution in [3.05, 3.63) is 47.9 Å². The van der Waals surface area contributed by atoms with E-state index in [1.165, 1.54) is 23.1 Å². The van der Waals surface area contributed by atoms with Crippen molar-refractivity contribution in [3.8, 4) is 0 Å². The largest absolute Gasteiger partial charge is 0.451 e. The minimum Gasteiger partial charge on any atom is -0.451 e. The minimum atomic E-state index is -0.192. The number of nitrogens with zero attached hydrogens (tertiary/aromatic N) is 5. The molecular weight excluding hydrogens is 464 g/mol. The third kappa shape index (κ3) is 4.86. The molecule has 4 heterocycles. The average Bonchev–Trinajstić information content (AvgIpc) is 3.57. The number of thioether (sulfide) groups is 1. The van der Waals surface area contributed by atoms with Crippen LogP contribution in [0.3, 0.4) is 0 Å². The Morgan fingerprint density at radius 2 is 1.97 bits per heavy atom. The van der Waals surface area contributed by atoms with Gasteiger partial charge in [0.05, 0.1) is 5.75 Å². The van der Waals surface area contributed by atoms with E-state index in [1.54, 1.807) is 24.0 Å². The van der Waals surface area contributed by atoms with E-state index >= 15 is 0 Å². The Bertz CT molecular complexity index is 1260. The number of carbonyl (C=O) groups is 2. The molecule has 5 rings (SSSR count). The zero-order valence-corrected chi connectivity index (χ0v) is 19.3. The highest BCUT2D eigenvalue weighted by molar-refractivity contribution is 8.01. The monoisotopic (exact) mass is 484 g/mol. The zero-order chi connectivity index (χ0) is 22.8. The maximum absolute atomic E-state index is 12.8. The molecule has 0 bridgehead atoms. The van der Waals surface area contributed by atoms with Gasteiger partial charge in [-0.05, 0) is 19.1 Å². The van der Waals surface area contributed by atoms with Gasteiger partial charge in [0.1, 0.15) is 11.3 Å². The lowest BCUT2D eigenvalue weighted by molar-refractivity contribution is -0.113. The molecule has 0 spiro atoms. The fraction of sp³-hybridized carbons (Fsp3) is 0.286. The van der Waals surface area contributed by atoms with Gasteiger partial charge in [0.15, 0.2) is 15.9 Å². The molecule has 1 saturated heterocycles. The van der Waals surface area contributed by atoms with E-state index in [0.29, 0.717) is 53.4 Å². The normalized spacial score (nSPS) is 14.1. The van der Waals surface area contributed by atoms with E-state index in [-0.39, 0.29) is 17.6 Å². The topological polar surface area (TPSA) is 118 Å². The van der Waals surface area contributed by atoms with E-state index in [0.717, 1.165) is 10.5 Å². The van der Waals surface area contributed by atoms with E-state index in [2.05, 4.69) is 25.6 Å². The number of anilines is 2. The first kappa shape index (κ1) is 21.5. The molecule has 1 aromatic carbocycles. The number of rotatable bonds is 6. The zero-order valence-electron chi connectivity index (χ0n) is 17.7. The molecule has 1 fully saturated rings. The second-order valence-corrected chi connectivity index (χ2v) is 9.62. The Morgan fingerprint density at radius 3 is 2.73 bits per heavy atom. The summed E-state index contributed by atoms with van der Waals surface area (Å²) in [6.45, 7) is 4.19. The number of benzene rings is 1. The van der Waals surface area contributed by atoms with Gasteiger partial charge in [-0.1, -0.05) is 46.5 Å². The fourth-order valence-electron chi connectivity index (χ4n) is 3.46. The Hall–Kier alpha value is -3.38. The number of furan rings is 1. The van der Waals surface area contributed by atoms with Gasteiger partial charge in [-0.15, -0.1) is 10.2 Å². The van der Waals surface area contributed by atoms with Crippen LogP contribution in [0, 0.1) is 6.92 Å². The van der Waals surface area contributed by atoms with Crippen LogP contribution in [0.5, 0.6) is 0 Å². The summed E-state index contributed by atoms with van der Waals surface area (Å²) in [5, 5.41) is 16.6. The number of aromatic nitrogens is 3. The van der Waals surface area contributed by atoms with Gasteiger partial charge < -0.3 is 24.1 Å². The smallest absolute Gasteiger partial charge is 0.289 e. The first-order chi connectivity index (χ1) is 16.0. The molecule has 1 N–H and O–H groups in total. The molecule has 12 heteroatoms. The van der Waals surface area contributed by atoms with Crippen LogP contribution in [0.25, 0.3) is 11.0 Å². The van der Waals surface area contributed by atoms with Gasteiger partial charge in [-0.25, -0.2) is 0 Å². The highest BCUT2D eigenvalue weighted by atomic mass is 32.2. The highest BCUT2D eigenvalue weighted by Gasteiger charge is 2.26. The first-order valence-corrected chi connectivity index (χ1v) is 12.1. The Morgan fingerprint density at radius 1 is 1.15 bits per heavy atom. The number of fused-ring (bicyclic) bond motifs is 1. The number of amides is 2. The van der Waals surface area contributed by atoms with Crippen molar-refractivity contribution in [1.82, 2.24) is 20.3 Å². The number of hydrogen-bond acceptors (Lipinski definition) is 10. The summed E-state index contributed by atoms with van der Waals surface area (Å²) in [5.74, 6) is 1.28. The lowest BCUT2D eigenvalue weighted by atomic mass is 10.2. The molecule has 2 amide bonds. The molecule has 1 aliphatic heterocycles. The number of para-hydroxylation sites is 1. The number of carbonyl (C=O) groups excluding carboxylic acids is 2. The third-order valence-electron chi connectivity index (χ3n) is 5.09. The second kappa shape index (κ2) is 9.24. The molecule has 3 aromatic heterocycles.